The largest absolute Gasteiger partial charge is 0.489 e. The Morgan fingerprint density at radius 3 is 2.42 bits per heavy atom. The molecule has 1 N–H and O–H groups in total. The van der Waals surface area contributed by atoms with E-state index in [1.54, 1.807) is 30.3 Å². The van der Waals surface area contributed by atoms with Crippen molar-refractivity contribution in [2.75, 3.05) is 5.32 Å². The normalized spacial score (nSPS) is 11.1. The number of halogens is 1. The molecule has 0 bridgehead atoms. The first-order valence-corrected chi connectivity index (χ1v) is 11.5. The standard InChI is InChI=1S/C30H26FN3O2/c1-20-8-4-7-11-29(20)33-30(35)25(18-32)17-24-16-21(2)34(22(24)3)26-12-14-27(15-13-26)36-19-23-9-5-6-10-28(23)31/h4-17H,19H2,1-3H3,(H,33,35)/b25-17-. The molecule has 6 heteroatoms. The number of anilines is 1. The maximum atomic E-state index is 13.8. The van der Waals surface area contributed by atoms with Gasteiger partial charge in [0.25, 0.3) is 5.91 Å². The minimum absolute atomic E-state index is 0.0235. The van der Waals surface area contributed by atoms with Gasteiger partial charge in [0.05, 0.1) is 0 Å². The van der Waals surface area contributed by atoms with E-state index < -0.39 is 5.91 Å². The fraction of sp³-hybridized carbons (Fsp3) is 0.133. The molecule has 1 amide bonds. The highest BCUT2D eigenvalue weighted by Crippen LogP contribution is 2.25. The number of hydrogen-bond donors (Lipinski definition) is 1. The lowest BCUT2D eigenvalue weighted by Crippen LogP contribution is -2.14. The fourth-order valence-electron chi connectivity index (χ4n) is 4.01. The molecule has 0 unspecified atom stereocenters. The Labute approximate surface area is 210 Å². The number of nitrogens with zero attached hydrogens (tertiary/aromatic N) is 2. The highest BCUT2D eigenvalue weighted by Gasteiger charge is 2.15. The Hall–Kier alpha value is -4.63. The highest BCUT2D eigenvalue weighted by atomic mass is 19.1. The average molecular weight is 480 g/mol. The molecule has 0 fully saturated rings. The summed E-state index contributed by atoms with van der Waals surface area (Å²) in [6.45, 7) is 5.95. The molecular formula is C30H26FN3O2. The number of hydrogen-bond acceptors (Lipinski definition) is 3. The van der Waals surface area contributed by atoms with Gasteiger partial charge in [0, 0.05) is 28.3 Å². The lowest BCUT2D eigenvalue weighted by molar-refractivity contribution is -0.112. The van der Waals surface area contributed by atoms with Crippen molar-refractivity contribution in [3.63, 3.8) is 0 Å². The number of carbonyl (C=O) groups excluding carboxylic acids is 1. The quantitative estimate of drug-likeness (QED) is 0.238. The second-order valence-electron chi connectivity index (χ2n) is 8.47. The van der Waals surface area contributed by atoms with E-state index in [9.17, 15) is 14.4 Å². The highest BCUT2D eigenvalue weighted by molar-refractivity contribution is 6.10. The van der Waals surface area contributed by atoms with Gasteiger partial charge >= 0.3 is 0 Å². The van der Waals surface area contributed by atoms with Crippen molar-refractivity contribution < 1.29 is 13.9 Å². The molecular weight excluding hydrogens is 453 g/mol. The predicted molar refractivity (Wildman–Crippen MR) is 139 cm³/mol. The van der Waals surface area contributed by atoms with Crippen LogP contribution < -0.4 is 10.1 Å². The Kier molecular flexibility index (Phi) is 7.31. The molecule has 0 aliphatic rings. The first-order chi connectivity index (χ1) is 17.4. The maximum absolute atomic E-state index is 13.8. The van der Waals surface area contributed by atoms with Gasteiger partial charge in [-0.3, -0.25) is 4.79 Å². The van der Waals surface area contributed by atoms with E-state index in [4.69, 9.17) is 4.74 Å². The van der Waals surface area contributed by atoms with Gasteiger partial charge in [0.1, 0.15) is 29.8 Å². The van der Waals surface area contributed by atoms with Crippen LogP contribution in [-0.4, -0.2) is 10.5 Å². The average Bonchev–Trinajstić information content (AvgIpc) is 3.16. The topological polar surface area (TPSA) is 67.0 Å². The lowest BCUT2D eigenvalue weighted by atomic mass is 10.1. The molecule has 4 aromatic rings. The SMILES string of the molecule is Cc1ccccc1NC(=O)/C(C#N)=C\c1cc(C)n(-c2ccc(OCc3ccccc3F)cc2)c1C. The van der Waals surface area contributed by atoms with Crippen LogP contribution in [0.15, 0.2) is 84.4 Å². The molecule has 3 aromatic carbocycles. The number of amides is 1. The molecule has 36 heavy (non-hydrogen) atoms. The van der Waals surface area contributed by atoms with Gasteiger partial charge in [-0.15, -0.1) is 0 Å². The third-order valence-corrected chi connectivity index (χ3v) is 5.98. The molecule has 0 aliphatic carbocycles. The molecule has 0 saturated heterocycles. The number of para-hydroxylation sites is 1. The number of rotatable bonds is 7. The molecule has 0 radical (unpaired) electrons. The van der Waals surface area contributed by atoms with E-state index in [1.807, 2.05) is 79.9 Å². The first kappa shape index (κ1) is 24.5. The zero-order valence-electron chi connectivity index (χ0n) is 20.4. The molecule has 1 heterocycles. The first-order valence-electron chi connectivity index (χ1n) is 11.5. The van der Waals surface area contributed by atoms with Gasteiger partial charge in [-0.2, -0.15) is 5.26 Å². The Morgan fingerprint density at radius 1 is 1.03 bits per heavy atom. The maximum Gasteiger partial charge on any atom is 0.266 e. The van der Waals surface area contributed by atoms with Crippen LogP contribution >= 0.6 is 0 Å². The fourth-order valence-corrected chi connectivity index (χ4v) is 4.01. The summed E-state index contributed by atoms with van der Waals surface area (Å²) < 4.78 is 21.6. The van der Waals surface area contributed by atoms with Crippen molar-refractivity contribution in [2.45, 2.75) is 27.4 Å². The van der Waals surface area contributed by atoms with Gasteiger partial charge in [-0.1, -0.05) is 36.4 Å². The van der Waals surface area contributed by atoms with E-state index in [0.29, 0.717) is 17.0 Å². The van der Waals surface area contributed by atoms with Crippen LogP contribution in [0.4, 0.5) is 10.1 Å². The molecule has 180 valence electrons. The van der Waals surface area contributed by atoms with Gasteiger partial charge in [0.15, 0.2) is 0 Å². The summed E-state index contributed by atoms with van der Waals surface area (Å²) in [6, 6.07) is 25.4. The molecule has 4 rings (SSSR count). The van der Waals surface area contributed by atoms with Gasteiger partial charge < -0.3 is 14.6 Å². The zero-order valence-corrected chi connectivity index (χ0v) is 20.4. The van der Waals surface area contributed by atoms with Crippen LogP contribution in [0.3, 0.4) is 0 Å². The van der Waals surface area contributed by atoms with Crippen molar-refractivity contribution in [1.82, 2.24) is 4.57 Å². The minimum Gasteiger partial charge on any atom is -0.489 e. The predicted octanol–water partition coefficient (Wildman–Crippen LogP) is 6.67. The van der Waals surface area contributed by atoms with Crippen molar-refractivity contribution in [3.05, 3.63) is 118 Å². The number of ether oxygens (including phenoxy) is 1. The van der Waals surface area contributed by atoms with E-state index in [1.165, 1.54) is 6.07 Å². The molecule has 0 spiro atoms. The van der Waals surface area contributed by atoms with Crippen LogP contribution in [0, 0.1) is 37.9 Å². The van der Waals surface area contributed by atoms with E-state index in [-0.39, 0.29) is 18.0 Å². The lowest BCUT2D eigenvalue weighted by Gasteiger charge is -2.12. The van der Waals surface area contributed by atoms with Crippen LogP contribution in [0.2, 0.25) is 0 Å². The Morgan fingerprint density at radius 2 is 1.72 bits per heavy atom. The molecule has 1 aromatic heterocycles. The van der Waals surface area contributed by atoms with E-state index >= 15 is 0 Å². The molecule has 0 atom stereocenters. The molecule has 0 saturated carbocycles. The van der Waals surface area contributed by atoms with Crippen molar-refractivity contribution >= 4 is 17.7 Å². The monoisotopic (exact) mass is 479 g/mol. The Balaban J connectivity index is 1.53. The number of benzene rings is 3. The van der Waals surface area contributed by atoms with Gasteiger partial charge in [0.2, 0.25) is 0 Å². The molecule has 5 nitrogen and oxygen atoms in total. The number of aryl methyl sites for hydroxylation is 2. The van der Waals surface area contributed by atoms with Crippen molar-refractivity contribution in [1.29, 1.82) is 5.26 Å². The van der Waals surface area contributed by atoms with Crippen LogP contribution in [-0.2, 0) is 11.4 Å². The summed E-state index contributed by atoms with van der Waals surface area (Å²) in [6.07, 6.45) is 1.61. The second-order valence-corrected chi connectivity index (χ2v) is 8.47. The Bertz CT molecular complexity index is 1480. The van der Waals surface area contributed by atoms with Crippen LogP contribution in [0.1, 0.15) is 28.1 Å². The van der Waals surface area contributed by atoms with Crippen LogP contribution in [0.5, 0.6) is 5.75 Å². The molecule has 0 aliphatic heterocycles. The van der Waals surface area contributed by atoms with E-state index in [2.05, 4.69) is 5.32 Å². The second kappa shape index (κ2) is 10.7. The summed E-state index contributed by atoms with van der Waals surface area (Å²) >= 11 is 0. The van der Waals surface area contributed by atoms with E-state index in [0.717, 1.165) is 28.2 Å². The third-order valence-electron chi connectivity index (χ3n) is 5.98. The summed E-state index contributed by atoms with van der Waals surface area (Å²) in [5.41, 5.74) is 5.65. The van der Waals surface area contributed by atoms with Crippen molar-refractivity contribution in [2.24, 2.45) is 0 Å². The summed E-state index contributed by atoms with van der Waals surface area (Å²) in [5, 5.41) is 12.5. The smallest absolute Gasteiger partial charge is 0.266 e. The zero-order chi connectivity index (χ0) is 25.7. The number of aromatic nitrogens is 1. The number of carbonyl (C=O) groups is 1. The van der Waals surface area contributed by atoms with Gasteiger partial charge in [-0.05, 0) is 80.4 Å². The minimum atomic E-state index is -0.451. The third kappa shape index (κ3) is 5.37. The van der Waals surface area contributed by atoms with Crippen LogP contribution in [0.25, 0.3) is 11.8 Å². The number of nitrogens with one attached hydrogen (secondary N) is 1. The van der Waals surface area contributed by atoms with Gasteiger partial charge in [-0.25, -0.2) is 4.39 Å². The number of nitriles is 1. The summed E-state index contributed by atoms with van der Waals surface area (Å²) in [7, 11) is 0. The summed E-state index contributed by atoms with van der Waals surface area (Å²) in [5.74, 6) is -0.116. The van der Waals surface area contributed by atoms with Crippen molar-refractivity contribution in [3.8, 4) is 17.5 Å². The summed E-state index contributed by atoms with van der Waals surface area (Å²) in [4.78, 5) is 12.7.